The highest BCUT2D eigenvalue weighted by atomic mass is 35.5. The van der Waals surface area contributed by atoms with Crippen molar-refractivity contribution in [3.8, 4) is 0 Å². The van der Waals surface area contributed by atoms with Crippen molar-refractivity contribution in [3.63, 3.8) is 0 Å². The predicted octanol–water partition coefficient (Wildman–Crippen LogP) is -2.25. The monoisotopic (exact) mass is 301 g/mol. The van der Waals surface area contributed by atoms with Gasteiger partial charge in [0.25, 0.3) is 5.91 Å². The molecule has 0 aromatic carbocycles. The Labute approximate surface area is 116 Å². The van der Waals surface area contributed by atoms with Gasteiger partial charge in [-0.05, 0) is 6.92 Å². The predicted molar refractivity (Wildman–Crippen MR) is 67.1 cm³/mol. The van der Waals surface area contributed by atoms with Gasteiger partial charge in [0.05, 0.1) is 21.1 Å². The topological polar surface area (TPSA) is 86.6 Å². The SMILES string of the molecule is C=C(C)C(=O)NC(CC)[N+](C)(C)C.O=[P+](O)O.[Cl-]. The highest BCUT2D eigenvalue weighted by molar-refractivity contribution is 7.30. The Bertz CT molecular complexity index is 288. The van der Waals surface area contributed by atoms with Gasteiger partial charge < -0.3 is 22.2 Å². The first-order valence-corrected chi connectivity index (χ1v) is 6.31. The molecule has 0 heterocycles. The third-order valence-corrected chi connectivity index (χ3v) is 2.01. The van der Waals surface area contributed by atoms with Crippen LogP contribution < -0.4 is 17.7 Å². The molecule has 0 aliphatic carbocycles. The molecule has 6 nitrogen and oxygen atoms in total. The van der Waals surface area contributed by atoms with Gasteiger partial charge in [-0.15, -0.1) is 9.79 Å². The first-order chi connectivity index (χ1) is 7.52. The minimum Gasteiger partial charge on any atom is -1.00 e. The van der Waals surface area contributed by atoms with E-state index in [2.05, 4.69) is 40.0 Å². The molecule has 1 atom stereocenters. The van der Waals surface area contributed by atoms with Gasteiger partial charge in [-0.3, -0.25) is 4.79 Å². The van der Waals surface area contributed by atoms with Crippen LogP contribution >= 0.6 is 8.25 Å². The number of nitrogens with one attached hydrogen (secondary N) is 1. The van der Waals surface area contributed by atoms with Crippen LogP contribution in [0, 0.1) is 0 Å². The largest absolute Gasteiger partial charge is 1.00 e. The van der Waals surface area contributed by atoms with Crippen molar-refractivity contribution in [1.82, 2.24) is 5.32 Å². The van der Waals surface area contributed by atoms with Crippen LogP contribution in [0.3, 0.4) is 0 Å². The minimum absolute atomic E-state index is 0. The number of carbonyl (C=O) groups is 1. The minimum atomic E-state index is -2.87. The molecule has 0 aliphatic heterocycles. The zero-order chi connectivity index (χ0) is 14.2. The van der Waals surface area contributed by atoms with Gasteiger partial charge in [-0.25, -0.2) is 0 Å². The maximum absolute atomic E-state index is 11.3. The van der Waals surface area contributed by atoms with E-state index in [4.69, 9.17) is 14.4 Å². The summed E-state index contributed by atoms with van der Waals surface area (Å²) in [6.45, 7) is 7.39. The molecule has 108 valence electrons. The second-order valence-corrected chi connectivity index (χ2v) is 5.05. The lowest BCUT2D eigenvalue weighted by atomic mass is 10.2. The Morgan fingerprint density at radius 2 is 1.72 bits per heavy atom. The zero-order valence-electron chi connectivity index (χ0n) is 11.5. The number of hydrogen-bond donors (Lipinski definition) is 3. The fourth-order valence-corrected chi connectivity index (χ4v) is 1.12. The molecule has 0 fully saturated rings. The first-order valence-electron chi connectivity index (χ1n) is 5.14. The third kappa shape index (κ3) is 13.5. The second-order valence-electron chi connectivity index (χ2n) is 4.55. The van der Waals surface area contributed by atoms with Crippen LogP contribution in [0.15, 0.2) is 12.2 Å². The summed E-state index contributed by atoms with van der Waals surface area (Å²) in [7, 11) is 3.32. The van der Waals surface area contributed by atoms with Gasteiger partial charge in [-0.1, -0.05) is 13.5 Å². The molecular weight excluding hydrogens is 279 g/mol. The number of amides is 1. The standard InChI is InChI=1S/C10H20N2O.ClH.HO3P/c1-7-9(12(4,5)6)11-10(13)8(2)3;;1-4(2)3/h9H,2,7H2,1,3-6H3;1H;(H-,1,2,3)/p+1. The molecule has 1 amide bonds. The Kier molecular flexibility index (Phi) is 13.1. The number of halogens is 1. The van der Waals surface area contributed by atoms with E-state index in [1.807, 2.05) is 0 Å². The van der Waals surface area contributed by atoms with Crippen molar-refractivity contribution in [2.24, 2.45) is 0 Å². The lowest BCUT2D eigenvalue weighted by molar-refractivity contribution is -0.898. The highest BCUT2D eigenvalue weighted by Gasteiger charge is 2.23. The van der Waals surface area contributed by atoms with E-state index in [0.717, 1.165) is 10.9 Å². The van der Waals surface area contributed by atoms with Crippen molar-refractivity contribution >= 4 is 14.2 Å². The van der Waals surface area contributed by atoms with Gasteiger partial charge in [-0.2, -0.15) is 0 Å². The summed E-state index contributed by atoms with van der Waals surface area (Å²) >= 11 is 0. The molecule has 0 aromatic rings. The quantitative estimate of drug-likeness (QED) is 0.237. The van der Waals surface area contributed by atoms with E-state index in [1.54, 1.807) is 6.92 Å². The molecular formula is C10H23ClN2O4P+. The summed E-state index contributed by atoms with van der Waals surface area (Å²) in [6, 6.07) is 0. The van der Waals surface area contributed by atoms with Crippen LogP contribution in [0.2, 0.25) is 0 Å². The highest BCUT2D eigenvalue weighted by Crippen LogP contribution is 2.04. The molecule has 1 unspecified atom stereocenters. The van der Waals surface area contributed by atoms with E-state index < -0.39 is 8.25 Å². The van der Waals surface area contributed by atoms with E-state index in [1.165, 1.54) is 0 Å². The second kappa shape index (κ2) is 10.4. The molecule has 0 radical (unpaired) electrons. The van der Waals surface area contributed by atoms with Crippen molar-refractivity contribution in [3.05, 3.63) is 12.2 Å². The molecule has 18 heavy (non-hydrogen) atoms. The Morgan fingerprint density at radius 3 is 1.89 bits per heavy atom. The molecule has 0 saturated carbocycles. The smallest absolute Gasteiger partial charge is 0.692 e. The van der Waals surface area contributed by atoms with E-state index in [-0.39, 0.29) is 24.5 Å². The molecule has 0 saturated heterocycles. The lowest BCUT2D eigenvalue weighted by Gasteiger charge is -2.33. The van der Waals surface area contributed by atoms with Crippen molar-refractivity contribution in [2.45, 2.75) is 26.4 Å². The summed E-state index contributed by atoms with van der Waals surface area (Å²) in [4.78, 5) is 25.6. The van der Waals surface area contributed by atoms with Crippen LogP contribution in [-0.4, -0.2) is 47.5 Å². The maximum atomic E-state index is 11.3. The fourth-order valence-electron chi connectivity index (χ4n) is 1.12. The number of rotatable bonds is 4. The van der Waals surface area contributed by atoms with Crippen LogP contribution in [-0.2, 0) is 9.36 Å². The summed E-state index contributed by atoms with van der Waals surface area (Å²) in [5, 5.41) is 2.94. The molecule has 0 bridgehead atoms. The molecule has 0 rings (SSSR count). The van der Waals surface area contributed by atoms with Crippen LogP contribution in [0.1, 0.15) is 20.3 Å². The normalized spacial score (nSPS) is 11.3. The number of carbonyl (C=O) groups excluding carboxylic acids is 1. The lowest BCUT2D eigenvalue weighted by Crippen LogP contribution is -3.00. The number of nitrogens with zero attached hydrogens (tertiary/aromatic N) is 1. The zero-order valence-corrected chi connectivity index (χ0v) is 13.1. The number of quaternary nitrogens is 1. The van der Waals surface area contributed by atoms with Crippen molar-refractivity contribution in [1.29, 1.82) is 0 Å². The molecule has 8 heteroatoms. The molecule has 3 N–H and O–H groups in total. The summed E-state index contributed by atoms with van der Waals surface area (Å²) in [6.07, 6.45) is 1.08. The van der Waals surface area contributed by atoms with Crippen molar-refractivity contribution in [2.75, 3.05) is 21.1 Å². The first kappa shape index (κ1) is 22.6. The van der Waals surface area contributed by atoms with Crippen LogP contribution in [0.5, 0.6) is 0 Å². The average Bonchev–Trinajstić information content (AvgIpc) is 2.10. The van der Waals surface area contributed by atoms with Crippen molar-refractivity contribution < 1.29 is 36.0 Å². The Hall–Kier alpha value is -0.520. The number of hydrogen-bond acceptors (Lipinski definition) is 2. The van der Waals surface area contributed by atoms with Gasteiger partial charge in [0, 0.05) is 16.6 Å². The average molecular weight is 302 g/mol. The van der Waals surface area contributed by atoms with E-state index in [0.29, 0.717) is 5.57 Å². The maximum Gasteiger partial charge on any atom is 0.692 e. The fraction of sp³-hybridized carbons (Fsp3) is 0.700. The third-order valence-electron chi connectivity index (χ3n) is 2.01. The Balaban J connectivity index is -0.000000392. The molecule has 0 spiro atoms. The summed E-state index contributed by atoms with van der Waals surface area (Å²) < 4.78 is 9.44. The van der Waals surface area contributed by atoms with Crippen LogP contribution in [0.4, 0.5) is 0 Å². The molecule has 0 aromatic heterocycles. The summed E-state index contributed by atoms with van der Waals surface area (Å²) in [5.74, 6) is -0.0556. The van der Waals surface area contributed by atoms with Gasteiger partial charge >= 0.3 is 8.25 Å². The Morgan fingerprint density at radius 1 is 1.39 bits per heavy atom. The molecule has 0 aliphatic rings. The van der Waals surface area contributed by atoms with E-state index in [9.17, 15) is 4.79 Å². The van der Waals surface area contributed by atoms with Gasteiger partial charge in [0.2, 0.25) is 0 Å². The van der Waals surface area contributed by atoms with E-state index >= 15 is 0 Å². The summed E-state index contributed by atoms with van der Waals surface area (Å²) in [5.41, 5.74) is 0.562. The van der Waals surface area contributed by atoms with Crippen LogP contribution in [0.25, 0.3) is 0 Å². The van der Waals surface area contributed by atoms with Gasteiger partial charge in [0.15, 0.2) is 6.17 Å². The van der Waals surface area contributed by atoms with Gasteiger partial charge in [0.1, 0.15) is 0 Å².